The third kappa shape index (κ3) is 2.71. The first kappa shape index (κ1) is 14.2. The first-order valence-electron chi connectivity index (χ1n) is 6.85. The van der Waals surface area contributed by atoms with Gasteiger partial charge in [-0.05, 0) is 19.4 Å². The molecule has 21 heavy (non-hydrogen) atoms. The number of aryl methyl sites for hydroxylation is 2. The Morgan fingerprint density at radius 1 is 1.52 bits per heavy atom. The number of ether oxygens (including phenoxy) is 1. The van der Waals surface area contributed by atoms with Crippen LogP contribution in [0.25, 0.3) is 10.2 Å². The van der Waals surface area contributed by atoms with Crippen LogP contribution < -0.4 is 4.90 Å². The highest BCUT2D eigenvalue weighted by Gasteiger charge is 2.26. The van der Waals surface area contributed by atoms with Crippen LogP contribution in [0.5, 0.6) is 0 Å². The Kier molecular flexibility index (Phi) is 3.77. The predicted molar refractivity (Wildman–Crippen MR) is 81.1 cm³/mol. The predicted octanol–water partition coefficient (Wildman–Crippen LogP) is 1.99. The Morgan fingerprint density at radius 2 is 2.33 bits per heavy atom. The Labute approximate surface area is 126 Å². The highest BCUT2D eigenvalue weighted by molar-refractivity contribution is 7.18. The molecule has 1 atom stereocenters. The maximum Gasteiger partial charge on any atom is 0.306 e. The van der Waals surface area contributed by atoms with Crippen LogP contribution in [0, 0.1) is 13.8 Å². The number of aliphatic carboxylic acids is 1. The molecule has 0 amide bonds. The molecule has 0 spiro atoms. The maximum absolute atomic E-state index is 10.9. The third-order valence-corrected chi connectivity index (χ3v) is 4.90. The van der Waals surface area contributed by atoms with E-state index in [4.69, 9.17) is 9.84 Å². The van der Waals surface area contributed by atoms with Gasteiger partial charge in [0.05, 0.1) is 24.5 Å². The molecule has 1 aliphatic heterocycles. The minimum absolute atomic E-state index is 0.0202. The molecular weight excluding hydrogens is 290 g/mol. The molecule has 6 nitrogen and oxygen atoms in total. The van der Waals surface area contributed by atoms with Crippen LogP contribution in [0.15, 0.2) is 6.33 Å². The summed E-state index contributed by atoms with van der Waals surface area (Å²) < 4.78 is 5.52. The van der Waals surface area contributed by atoms with Crippen LogP contribution in [-0.4, -0.2) is 46.8 Å². The van der Waals surface area contributed by atoms with Gasteiger partial charge in [-0.2, -0.15) is 0 Å². The first-order valence-corrected chi connectivity index (χ1v) is 7.67. The molecule has 0 aliphatic carbocycles. The van der Waals surface area contributed by atoms with E-state index in [0.29, 0.717) is 13.2 Å². The zero-order valence-electron chi connectivity index (χ0n) is 12.0. The number of aromatic nitrogens is 2. The Hall–Kier alpha value is -1.73. The van der Waals surface area contributed by atoms with Crippen molar-refractivity contribution in [2.75, 3.05) is 24.6 Å². The average molecular weight is 307 g/mol. The van der Waals surface area contributed by atoms with Gasteiger partial charge in [0.25, 0.3) is 0 Å². The van der Waals surface area contributed by atoms with Gasteiger partial charge in [-0.1, -0.05) is 0 Å². The topological polar surface area (TPSA) is 75.5 Å². The van der Waals surface area contributed by atoms with E-state index in [-0.39, 0.29) is 12.5 Å². The number of hydrogen-bond acceptors (Lipinski definition) is 6. The van der Waals surface area contributed by atoms with Crippen molar-refractivity contribution in [3.8, 4) is 0 Å². The van der Waals surface area contributed by atoms with Gasteiger partial charge in [0.1, 0.15) is 17.0 Å². The van der Waals surface area contributed by atoms with E-state index in [2.05, 4.69) is 28.7 Å². The second-order valence-electron chi connectivity index (χ2n) is 5.20. The summed E-state index contributed by atoms with van der Waals surface area (Å²) in [4.78, 5) is 24.0. The number of fused-ring (bicyclic) bond motifs is 1. The Balaban J connectivity index is 1.94. The first-order chi connectivity index (χ1) is 10.1. The molecule has 112 valence electrons. The van der Waals surface area contributed by atoms with Gasteiger partial charge in [0.2, 0.25) is 0 Å². The molecule has 7 heteroatoms. The fourth-order valence-corrected chi connectivity index (χ4v) is 3.63. The summed E-state index contributed by atoms with van der Waals surface area (Å²) in [6.45, 7) is 5.95. The summed E-state index contributed by atoms with van der Waals surface area (Å²) in [6, 6.07) is 0. The lowest BCUT2D eigenvalue weighted by molar-refractivity contribution is -0.140. The minimum atomic E-state index is -0.836. The van der Waals surface area contributed by atoms with Crippen molar-refractivity contribution in [3.05, 3.63) is 16.8 Å². The number of anilines is 1. The van der Waals surface area contributed by atoms with Crippen molar-refractivity contribution in [1.82, 2.24) is 9.97 Å². The number of carbonyl (C=O) groups is 1. The molecule has 1 fully saturated rings. The van der Waals surface area contributed by atoms with E-state index in [1.54, 1.807) is 17.7 Å². The number of hydrogen-bond donors (Lipinski definition) is 1. The zero-order valence-corrected chi connectivity index (χ0v) is 12.8. The summed E-state index contributed by atoms with van der Waals surface area (Å²) in [6.07, 6.45) is 1.31. The van der Waals surface area contributed by atoms with Crippen molar-refractivity contribution in [2.24, 2.45) is 0 Å². The largest absolute Gasteiger partial charge is 0.481 e. The lowest BCUT2D eigenvalue weighted by Crippen LogP contribution is -2.43. The van der Waals surface area contributed by atoms with E-state index in [1.807, 2.05) is 0 Å². The van der Waals surface area contributed by atoms with E-state index in [9.17, 15) is 4.79 Å². The molecule has 2 aromatic heterocycles. The summed E-state index contributed by atoms with van der Waals surface area (Å²) in [5.41, 5.74) is 1.20. The lowest BCUT2D eigenvalue weighted by Gasteiger charge is -2.33. The van der Waals surface area contributed by atoms with Crippen LogP contribution >= 0.6 is 11.3 Å². The highest BCUT2D eigenvalue weighted by Crippen LogP contribution is 2.34. The SMILES string of the molecule is Cc1sc2ncnc(N3CCOC(CC(=O)O)C3)c2c1C. The number of rotatable bonds is 3. The van der Waals surface area contributed by atoms with Crippen LogP contribution in [0.1, 0.15) is 16.9 Å². The van der Waals surface area contributed by atoms with Crippen molar-refractivity contribution in [1.29, 1.82) is 0 Å². The molecule has 1 N–H and O–H groups in total. The van der Waals surface area contributed by atoms with Crippen LogP contribution in [0.4, 0.5) is 5.82 Å². The number of thiophene rings is 1. The average Bonchev–Trinajstić information content (AvgIpc) is 2.74. The Bertz CT molecular complexity index is 685. The van der Waals surface area contributed by atoms with E-state index < -0.39 is 5.97 Å². The van der Waals surface area contributed by atoms with Gasteiger partial charge < -0.3 is 14.7 Å². The molecule has 3 rings (SSSR count). The van der Waals surface area contributed by atoms with Gasteiger partial charge in [-0.25, -0.2) is 9.97 Å². The fraction of sp³-hybridized carbons (Fsp3) is 0.500. The molecular formula is C14H17N3O3S. The molecule has 0 radical (unpaired) electrons. The van der Waals surface area contributed by atoms with E-state index in [1.165, 1.54) is 10.4 Å². The minimum Gasteiger partial charge on any atom is -0.481 e. The van der Waals surface area contributed by atoms with Crippen molar-refractivity contribution in [3.63, 3.8) is 0 Å². The lowest BCUT2D eigenvalue weighted by atomic mass is 10.1. The standard InChI is InChI=1S/C14H17N3O3S/c1-8-9(2)21-14-12(8)13(15-7-16-14)17-3-4-20-10(6-17)5-11(18)19/h7,10H,3-6H2,1-2H3,(H,18,19). The van der Waals surface area contributed by atoms with Gasteiger partial charge in [0, 0.05) is 18.0 Å². The molecule has 0 aromatic carbocycles. The van der Waals surface area contributed by atoms with Crippen LogP contribution in [0.2, 0.25) is 0 Å². The Morgan fingerprint density at radius 3 is 3.10 bits per heavy atom. The summed E-state index contributed by atoms with van der Waals surface area (Å²) in [5.74, 6) is 0.0535. The summed E-state index contributed by atoms with van der Waals surface area (Å²) >= 11 is 1.67. The maximum atomic E-state index is 10.9. The monoisotopic (exact) mass is 307 g/mol. The molecule has 0 saturated carbocycles. The number of morpholine rings is 1. The third-order valence-electron chi connectivity index (χ3n) is 3.79. The molecule has 1 unspecified atom stereocenters. The number of nitrogens with zero attached hydrogens (tertiary/aromatic N) is 3. The number of carboxylic acid groups (broad SMARTS) is 1. The molecule has 2 aromatic rings. The molecule has 0 bridgehead atoms. The second-order valence-corrected chi connectivity index (χ2v) is 6.40. The van der Waals surface area contributed by atoms with Gasteiger partial charge >= 0.3 is 5.97 Å². The fourth-order valence-electron chi connectivity index (χ4n) is 2.63. The quantitative estimate of drug-likeness (QED) is 0.934. The normalized spacial score (nSPS) is 19.1. The molecule has 3 heterocycles. The second kappa shape index (κ2) is 5.57. The van der Waals surface area contributed by atoms with Gasteiger partial charge in [-0.15, -0.1) is 11.3 Å². The highest BCUT2D eigenvalue weighted by atomic mass is 32.1. The smallest absolute Gasteiger partial charge is 0.306 e. The van der Waals surface area contributed by atoms with E-state index in [0.717, 1.165) is 22.6 Å². The van der Waals surface area contributed by atoms with Gasteiger partial charge in [0.15, 0.2) is 0 Å². The summed E-state index contributed by atoms with van der Waals surface area (Å²) in [5, 5.41) is 10.00. The van der Waals surface area contributed by atoms with Crippen molar-refractivity contribution < 1.29 is 14.6 Å². The molecule has 1 saturated heterocycles. The molecule has 1 aliphatic rings. The summed E-state index contributed by atoms with van der Waals surface area (Å²) in [7, 11) is 0. The van der Waals surface area contributed by atoms with Crippen LogP contribution in [0.3, 0.4) is 0 Å². The van der Waals surface area contributed by atoms with E-state index >= 15 is 0 Å². The van der Waals surface area contributed by atoms with Crippen molar-refractivity contribution >= 4 is 33.3 Å². The van der Waals surface area contributed by atoms with Crippen molar-refractivity contribution in [2.45, 2.75) is 26.4 Å². The zero-order chi connectivity index (χ0) is 15.0. The van der Waals surface area contributed by atoms with Gasteiger partial charge in [-0.3, -0.25) is 4.79 Å². The van der Waals surface area contributed by atoms with Crippen LogP contribution in [-0.2, 0) is 9.53 Å². The number of carboxylic acids is 1.